The van der Waals surface area contributed by atoms with Crippen LogP contribution in [0.1, 0.15) is 64.7 Å². The van der Waals surface area contributed by atoms with Gasteiger partial charge >= 0.3 is 0 Å². The molecule has 0 amide bonds. The van der Waals surface area contributed by atoms with Gasteiger partial charge < -0.3 is 10.2 Å². The second kappa shape index (κ2) is 7.38. The minimum atomic E-state index is 0.807. The Morgan fingerprint density at radius 3 is 2.41 bits per heavy atom. The molecule has 1 heterocycles. The highest BCUT2D eigenvalue weighted by Crippen LogP contribution is 2.23. The third-order valence-electron chi connectivity index (χ3n) is 4.67. The van der Waals surface area contributed by atoms with Gasteiger partial charge in [-0.05, 0) is 51.7 Å². The summed E-state index contributed by atoms with van der Waals surface area (Å²) < 4.78 is 0. The Kier molecular flexibility index (Phi) is 5.79. The second-order valence-electron chi connectivity index (χ2n) is 5.86. The van der Waals surface area contributed by atoms with Crippen molar-refractivity contribution in [2.45, 2.75) is 76.8 Å². The van der Waals surface area contributed by atoms with Gasteiger partial charge in [0.25, 0.3) is 0 Å². The number of hydrogen-bond donors (Lipinski definition) is 1. The molecule has 0 spiro atoms. The van der Waals surface area contributed by atoms with Crippen molar-refractivity contribution in [2.24, 2.45) is 0 Å². The van der Waals surface area contributed by atoms with E-state index in [4.69, 9.17) is 0 Å². The summed E-state index contributed by atoms with van der Waals surface area (Å²) in [5.74, 6) is 0. The van der Waals surface area contributed by atoms with Gasteiger partial charge in [0.1, 0.15) is 0 Å². The molecule has 1 aliphatic heterocycles. The standard InChI is InChI=1S/C15H30N2/c1-2-17(15-9-4-3-5-10-15)13-11-14-8-6-7-12-16-14/h14-16H,2-13H2,1H3/t14-/m1/s1. The van der Waals surface area contributed by atoms with Crippen LogP contribution in [0.5, 0.6) is 0 Å². The van der Waals surface area contributed by atoms with Crippen LogP contribution in [0.3, 0.4) is 0 Å². The lowest BCUT2D eigenvalue weighted by Crippen LogP contribution is -2.41. The average molecular weight is 238 g/mol. The first-order valence-electron chi connectivity index (χ1n) is 7.87. The fraction of sp³-hybridized carbons (Fsp3) is 1.00. The normalized spacial score (nSPS) is 27.5. The summed E-state index contributed by atoms with van der Waals surface area (Å²) in [6.45, 7) is 6.15. The zero-order valence-corrected chi connectivity index (χ0v) is 11.6. The number of piperidine rings is 1. The topological polar surface area (TPSA) is 15.3 Å². The van der Waals surface area contributed by atoms with Gasteiger partial charge in [-0.3, -0.25) is 0 Å². The summed E-state index contributed by atoms with van der Waals surface area (Å²) in [6, 6.07) is 1.71. The van der Waals surface area contributed by atoms with Gasteiger partial charge in [-0.25, -0.2) is 0 Å². The highest BCUT2D eigenvalue weighted by molar-refractivity contribution is 4.78. The maximum atomic E-state index is 3.67. The highest BCUT2D eigenvalue weighted by Gasteiger charge is 2.21. The molecule has 1 atom stereocenters. The fourth-order valence-corrected chi connectivity index (χ4v) is 3.54. The maximum Gasteiger partial charge on any atom is 0.00951 e. The molecule has 2 nitrogen and oxygen atoms in total. The molecular formula is C15H30N2. The molecule has 17 heavy (non-hydrogen) atoms. The monoisotopic (exact) mass is 238 g/mol. The van der Waals surface area contributed by atoms with Crippen LogP contribution >= 0.6 is 0 Å². The predicted molar refractivity (Wildman–Crippen MR) is 74.4 cm³/mol. The summed E-state index contributed by atoms with van der Waals surface area (Å²) in [4.78, 5) is 2.75. The second-order valence-corrected chi connectivity index (χ2v) is 5.86. The Bertz CT molecular complexity index is 193. The number of hydrogen-bond acceptors (Lipinski definition) is 2. The molecule has 1 aliphatic carbocycles. The van der Waals surface area contributed by atoms with Crippen LogP contribution < -0.4 is 5.32 Å². The van der Waals surface area contributed by atoms with Crippen molar-refractivity contribution in [1.82, 2.24) is 10.2 Å². The van der Waals surface area contributed by atoms with E-state index in [9.17, 15) is 0 Å². The summed E-state index contributed by atoms with van der Waals surface area (Å²) in [5, 5.41) is 3.67. The molecule has 1 N–H and O–H groups in total. The predicted octanol–water partition coefficient (Wildman–Crippen LogP) is 3.17. The van der Waals surface area contributed by atoms with Gasteiger partial charge in [0.2, 0.25) is 0 Å². The Balaban J connectivity index is 1.70. The lowest BCUT2D eigenvalue weighted by molar-refractivity contribution is 0.153. The molecule has 0 bridgehead atoms. The zero-order valence-electron chi connectivity index (χ0n) is 11.6. The Morgan fingerprint density at radius 1 is 1.00 bits per heavy atom. The fourth-order valence-electron chi connectivity index (χ4n) is 3.54. The molecule has 2 rings (SSSR count). The van der Waals surface area contributed by atoms with E-state index in [2.05, 4.69) is 17.1 Å². The molecule has 0 aromatic carbocycles. The lowest BCUT2D eigenvalue weighted by atomic mass is 9.93. The highest BCUT2D eigenvalue weighted by atomic mass is 15.1. The van der Waals surface area contributed by atoms with Crippen molar-refractivity contribution in [1.29, 1.82) is 0 Å². The van der Waals surface area contributed by atoms with Gasteiger partial charge in [0, 0.05) is 12.1 Å². The number of nitrogens with one attached hydrogen (secondary N) is 1. The summed E-state index contributed by atoms with van der Waals surface area (Å²) in [5.41, 5.74) is 0. The molecule has 2 aliphatic rings. The molecule has 0 radical (unpaired) electrons. The molecule has 0 unspecified atom stereocenters. The minimum Gasteiger partial charge on any atom is -0.314 e. The van der Waals surface area contributed by atoms with Crippen LogP contribution in [0, 0.1) is 0 Å². The average Bonchev–Trinajstić information content (AvgIpc) is 2.42. The van der Waals surface area contributed by atoms with Gasteiger partial charge in [-0.2, -0.15) is 0 Å². The first-order valence-corrected chi connectivity index (χ1v) is 7.87. The van der Waals surface area contributed by atoms with Crippen molar-refractivity contribution in [3.8, 4) is 0 Å². The molecule has 2 heteroatoms. The van der Waals surface area contributed by atoms with Crippen LogP contribution in [-0.2, 0) is 0 Å². The number of rotatable bonds is 5. The summed E-state index contributed by atoms with van der Waals surface area (Å²) >= 11 is 0. The van der Waals surface area contributed by atoms with E-state index in [1.54, 1.807) is 0 Å². The van der Waals surface area contributed by atoms with Crippen molar-refractivity contribution >= 4 is 0 Å². The van der Waals surface area contributed by atoms with E-state index in [-0.39, 0.29) is 0 Å². The van der Waals surface area contributed by atoms with Crippen LogP contribution in [-0.4, -0.2) is 36.6 Å². The van der Waals surface area contributed by atoms with Crippen molar-refractivity contribution in [3.63, 3.8) is 0 Å². The van der Waals surface area contributed by atoms with Gasteiger partial charge in [0.05, 0.1) is 0 Å². The molecule has 0 aromatic heterocycles. The molecule has 2 fully saturated rings. The first kappa shape index (κ1) is 13.4. The van der Waals surface area contributed by atoms with E-state index in [1.807, 2.05) is 0 Å². The largest absolute Gasteiger partial charge is 0.314 e. The third-order valence-corrected chi connectivity index (χ3v) is 4.67. The Hall–Kier alpha value is -0.0800. The SMILES string of the molecule is CCN(CC[C@H]1CCCCN1)C1CCCCC1. The number of nitrogens with zero attached hydrogens (tertiary/aromatic N) is 1. The molecule has 1 saturated heterocycles. The molecular weight excluding hydrogens is 208 g/mol. The maximum absolute atomic E-state index is 3.67. The van der Waals surface area contributed by atoms with Crippen molar-refractivity contribution in [2.75, 3.05) is 19.6 Å². The van der Waals surface area contributed by atoms with E-state index in [0.29, 0.717) is 0 Å². The van der Waals surface area contributed by atoms with Crippen LogP contribution in [0.4, 0.5) is 0 Å². The van der Waals surface area contributed by atoms with Gasteiger partial charge in [-0.1, -0.05) is 32.6 Å². The van der Waals surface area contributed by atoms with Gasteiger partial charge in [0.15, 0.2) is 0 Å². The van der Waals surface area contributed by atoms with Crippen LogP contribution in [0.2, 0.25) is 0 Å². The van der Waals surface area contributed by atoms with Gasteiger partial charge in [-0.15, -0.1) is 0 Å². The van der Waals surface area contributed by atoms with Crippen molar-refractivity contribution < 1.29 is 0 Å². The summed E-state index contributed by atoms with van der Waals surface area (Å²) in [6.07, 6.45) is 12.9. The Morgan fingerprint density at radius 2 is 1.76 bits per heavy atom. The van der Waals surface area contributed by atoms with Crippen LogP contribution in [0.15, 0.2) is 0 Å². The van der Waals surface area contributed by atoms with E-state index >= 15 is 0 Å². The smallest absolute Gasteiger partial charge is 0.00951 e. The first-order chi connectivity index (χ1) is 8.40. The Labute approximate surface area is 107 Å². The lowest BCUT2D eigenvalue weighted by Gasteiger charge is -2.35. The van der Waals surface area contributed by atoms with E-state index < -0.39 is 0 Å². The summed E-state index contributed by atoms with van der Waals surface area (Å²) in [7, 11) is 0. The molecule has 100 valence electrons. The minimum absolute atomic E-state index is 0.807. The molecule has 0 aromatic rings. The molecule has 1 saturated carbocycles. The quantitative estimate of drug-likeness (QED) is 0.791. The van der Waals surface area contributed by atoms with E-state index in [0.717, 1.165) is 12.1 Å². The zero-order chi connectivity index (χ0) is 11.9. The van der Waals surface area contributed by atoms with Crippen molar-refractivity contribution in [3.05, 3.63) is 0 Å². The van der Waals surface area contributed by atoms with E-state index in [1.165, 1.54) is 77.4 Å². The van der Waals surface area contributed by atoms with Crippen LogP contribution in [0.25, 0.3) is 0 Å². The third kappa shape index (κ3) is 4.26.